The van der Waals surface area contributed by atoms with Crippen LogP contribution in [-0.2, 0) is 29.5 Å². The van der Waals surface area contributed by atoms with E-state index in [1.165, 1.54) is 22.3 Å². The summed E-state index contributed by atoms with van der Waals surface area (Å²) in [5.41, 5.74) is 12.7. The van der Waals surface area contributed by atoms with Gasteiger partial charge in [0.2, 0.25) is 10.0 Å². The molecule has 6 heteroatoms. The van der Waals surface area contributed by atoms with Crippen LogP contribution in [0.25, 0.3) is 0 Å². The van der Waals surface area contributed by atoms with E-state index < -0.39 is 10.0 Å². The van der Waals surface area contributed by atoms with Crippen LogP contribution in [0.15, 0.2) is 41.3 Å². The molecule has 3 rings (SSSR count). The predicted molar refractivity (Wildman–Crippen MR) is 117 cm³/mol. The molecule has 3 N–H and O–H groups in total. The van der Waals surface area contributed by atoms with Crippen LogP contribution < -0.4 is 10.5 Å². The first-order chi connectivity index (χ1) is 13.1. The molecule has 0 saturated heterocycles. The van der Waals surface area contributed by atoms with Crippen LogP contribution in [-0.4, -0.2) is 20.5 Å². The summed E-state index contributed by atoms with van der Waals surface area (Å²) in [5, 5.41) is 0. The zero-order chi connectivity index (χ0) is 20.9. The van der Waals surface area contributed by atoms with E-state index in [9.17, 15) is 8.42 Å². The van der Waals surface area contributed by atoms with Gasteiger partial charge in [0.15, 0.2) is 0 Å². The van der Waals surface area contributed by atoms with E-state index in [1.807, 2.05) is 6.92 Å². The Morgan fingerprint density at radius 2 is 1.31 bits per heavy atom. The van der Waals surface area contributed by atoms with Crippen LogP contribution in [0.4, 0.5) is 0 Å². The zero-order valence-electron chi connectivity index (χ0n) is 18.1. The quantitative estimate of drug-likeness (QED) is 0.608. The zero-order valence-corrected chi connectivity index (χ0v) is 20.7. The minimum Gasteiger partial charge on any atom is -0.326 e. The molecule has 0 amide bonds. The van der Waals surface area contributed by atoms with Crippen molar-refractivity contribution in [2.45, 2.75) is 77.3 Å². The molecule has 1 aliphatic carbocycles. The van der Waals surface area contributed by atoms with Gasteiger partial charge < -0.3 is 5.73 Å². The van der Waals surface area contributed by atoms with Crippen molar-refractivity contribution in [3.05, 3.63) is 64.2 Å². The monoisotopic (exact) mass is 504 g/mol. The van der Waals surface area contributed by atoms with Crippen molar-refractivity contribution in [2.75, 3.05) is 0 Å². The Morgan fingerprint density at radius 1 is 0.828 bits per heavy atom. The molecule has 2 aromatic carbocycles. The van der Waals surface area contributed by atoms with Crippen molar-refractivity contribution in [3.8, 4) is 0 Å². The third kappa shape index (κ3) is 7.29. The van der Waals surface area contributed by atoms with Gasteiger partial charge in [-0.05, 0) is 81.8 Å². The van der Waals surface area contributed by atoms with E-state index in [2.05, 4.69) is 44.5 Å². The molecule has 0 radical (unpaired) electrons. The van der Waals surface area contributed by atoms with E-state index in [0.29, 0.717) is 4.90 Å². The third-order valence-corrected chi connectivity index (χ3v) is 7.29. The molecule has 1 fully saturated rings. The molecule has 2 atom stereocenters. The molecular formula is C23H34N2O2RuS. The van der Waals surface area contributed by atoms with Crippen molar-refractivity contribution in [1.29, 1.82) is 0 Å². The molecule has 4 nitrogen and oxygen atoms in total. The maximum atomic E-state index is 12.2. The average molecular weight is 504 g/mol. The maximum Gasteiger partial charge on any atom is 0.240 e. The summed E-state index contributed by atoms with van der Waals surface area (Å²) in [6, 6.07) is 11.0. The Labute approximate surface area is 189 Å². The van der Waals surface area contributed by atoms with Crippen LogP contribution in [0, 0.1) is 34.6 Å². The summed E-state index contributed by atoms with van der Waals surface area (Å²) in [4.78, 5) is 0.311. The first-order valence-corrected chi connectivity index (χ1v) is 11.5. The number of nitrogens with one attached hydrogen (secondary N) is 1. The van der Waals surface area contributed by atoms with Gasteiger partial charge in [-0.2, -0.15) is 0 Å². The molecular weight excluding hydrogens is 469 g/mol. The molecule has 2 aromatic rings. The molecule has 29 heavy (non-hydrogen) atoms. The minimum atomic E-state index is -3.44. The number of benzene rings is 2. The van der Waals surface area contributed by atoms with Crippen LogP contribution in [0.3, 0.4) is 0 Å². The van der Waals surface area contributed by atoms with E-state index in [1.54, 1.807) is 24.3 Å². The second-order valence-corrected chi connectivity index (χ2v) is 9.65. The predicted octanol–water partition coefficient (Wildman–Crippen LogP) is 4.46. The molecule has 0 unspecified atom stereocenters. The SMILES string of the molecule is Cc1ccc(C)c(C)c1C.Cc1ccc(S(=O)(=O)N[C@@H]2CCCC[C@H]2N)cc1.[Ru]. The van der Waals surface area contributed by atoms with E-state index in [4.69, 9.17) is 5.73 Å². The molecule has 1 aliphatic rings. The Bertz CT molecular complexity index is 869. The van der Waals surface area contributed by atoms with Gasteiger partial charge in [-0.3, -0.25) is 0 Å². The summed E-state index contributed by atoms with van der Waals surface area (Å²) < 4.78 is 27.1. The standard InChI is InChI=1S/C13H20N2O2S.C10H14.Ru/c1-10-6-8-11(9-7-10)18(16,17)15-13-5-3-2-4-12(13)14;1-7-5-6-8(2)10(4)9(7)3;/h6-9,12-13,15H,2-5,14H2,1H3;5-6H,1-4H3;/t12-,13-;;/m1../s1. The van der Waals surface area contributed by atoms with E-state index >= 15 is 0 Å². The van der Waals surface area contributed by atoms with Gasteiger partial charge in [0, 0.05) is 31.6 Å². The summed E-state index contributed by atoms with van der Waals surface area (Å²) in [7, 11) is -3.44. The van der Waals surface area contributed by atoms with E-state index in [0.717, 1.165) is 31.2 Å². The van der Waals surface area contributed by atoms with E-state index in [-0.39, 0.29) is 31.6 Å². The fourth-order valence-corrected chi connectivity index (χ4v) is 4.70. The normalized spacial score (nSPS) is 19.0. The summed E-state index contributed by atoms with van der Waals surface area (Å²) >= 11 is 0. The van der Waals surface area contributed by atoms with Gasteiger partial charge in [-0.1, -0.05) is 42.7 Å². The molecule has 0 aliphatic heterocycles. The van der Waals surface area contributed by atoms with Crippen LogP contribution >= 0.6 is 0 Å². The average Bonchev–Trinajstić information content (AvgIpc) is 2.66. The number of hydrogen-bond acceptors (Lipinski definition) is 3. The third-order valence-electron chi connectivity index (χ3n) is 5.79. The van der Waals surface area contributed by atoms with Crippen molar-refractivity contribution in [2.24, 2.45) is 5.73 Å². The number of sulfonamides is 1. The second-order valence-electron chi connectivity index (χ2n) is 7.94. The van der Waals surface area contributed by atoms with Gasteiger partial charge in [-0.25, -0.2) is 13.1 Å². The Hall–Kier alpha value is -1.07. The molecule has 0 heterocycles. The molecule has 0 aromatic heterocycles. The molecule has 0 bridgehead atoms. The second kappa shape index (κ2) is 11.4. The van der Waals surface area contributed by atoms with Gasteiger partial charge in [0.1, 0.15) is 0 Å². The smallest absolute Gasteiger partial charge is 0.240 e. The first-order valence-electron chi connectivity index (χ1n) is 10.00. The molecule has 162 valence electrons. The largest absolute Gasteiger partial charge is 0.326 e. The van der Waals surface area contributed by atoms with Gasteiger partial charge in [0.05, 0.1) is 4.90 Å². The fraction of sp³-hybridized carbons (Fsp3) is 0.478. The molecule has 1 saturated carbocycles. The molecule has 0 spiro atoms. The number of aryl methyl sites for hydroxylation is 3. The van der Waals surface area contributed by atoms with Crippen LogP contribution in [0.5, 0.6) is 0 Å². The number of hydrogen-bond donors (Lipinski definition) is 2. The maximum absolute atomic E-state index is 12.2. The van der Waals surface area contributed by atoms with Crippen LogP contribution in [0.1, 0.15) is 53.5 Å². The van der Waals surface area contributed by atoms with Crippen molar-refractivity contribution >= 4 is 10.0 Å². The van der Waals surface area contributed by atoms with Gasteiger partial charge in [-0.15, -0.1) is 0 Å². The van der Waals surface area contributed by atoms with Crippen molar-refractivity contribution in [1.82, 2.24) is 4.72 Å². The Balaban J connectivity index is 0.000000327. The number of nitrogens with two attached hydrogens (primary N) is 1. The Kier molecular flexibility index (Phi) is 10.2. The minimum absolute atomic E-state index is 0. The van der Waals surface area contributed by atoms with Crippen molar-refractivity contribution < 1.29 is 27.9 Å². The summed E-state index contributed by atoms with van der Waals surface area (Å²) in [5.74, 6) is 0. The number of rotatable bonds is 3. The van der Waals surface area contributed by atoms with Crippen molar-refractivity contribution in [3.63, 3.8) is 0 Å². The van der Waals surface area contributed by atoms with Gasteiger partial charge in [0.25, 0.3) is 0 Å². The topological polar surface area (TPSA) is 72.2 Å². The summed E-state index contributed by atoms with van der Waals surface area (Å²) in [6.45, 7) is 10.6. The van der Waals surface area contributed by atoms with Gasteiger partial charge >= 0.3 is 0 Å². The van der Waals surface area contributed by atoms with Crippen LogP contribution in [0.2, 0.25) is 0 Å². The fourth-order valence-electron chi connectivity index (χ4n) is 3.38. The first kappa shape index (κ1) is 26.0. The Morgan fingerprint density at radius 3 is 1.79 bits per heavy atom. The summed E-state index contributed by atoms with van der Waals surface area (Å²) in [6.07, 6.45) is 3.84.